The Morgan fingerprint density at radius 2 is 0.730 bits per heavy atom. The molecular formula is C82H170N14O15. The molecule has 6 amide bonds. The average molecular weight is 1590 g/mol. The highest BCUT2D eigenvalue weighted by atomic mass is 16.3. The molecule has 1 saturated heterocycles. The number of nitrogens with one attached hydrogen (secondary N) is 2. The molecule has 0 aliphatic carbocycles. The van der Waals surface area contributed by atoms with Crippen molar-refractivity contribution < 1.29 is 72.2 Å². The molecule has 0 aromatic heterocycles. The van der Waals surface area contributed by atoms with Gasteiger partial charge in [0, 0.05) is 53.7 Å². The van der Waals surface area contributed by atoms with Crippen LogP contribution in [0.3, 0.4) is 0 Å². The monoisotopic (exact) mass is 1590 g/mol. The second kappa shape index (κ2) is 122. The van der Waals surface area contributed by atoms with Gasteiger partial charge in [-0.3, -0.25) is 28.8 Å². The first-order chi connectivity index (χ1) is 50.5. The van der Waals surface area contributed by atoms with Gasteiger partial charge in [0.15, 0.2) is 0 Å². The van der Waals surface area contributed by atoms with Crippen molar-refractivity contribution in [2.24, 2.45) is 46.8 Å². The molecule has 0 radical (unpaired) electrons. The van der Waals surface area contributed by atoms with Gasteiger partial charge in [0.1, 0.15) is 84.5 Å². The number of likely N-dealkylation sites (tertiary alicyclic amines) is 1. The number of hydrogen-bond acceptors (Lipinski definition) is 23. The third-order valence-electron chi connectivity index (χ3n) is 13.6. The van der Waals surface area contributed by atoms with E-state index >= 15 is 0 Å². The minimum Gasteiger partial charge on any atom is -0.394 e. The number of aliphatic hydroxyl groups excluding tert-OH is 1. The van der Waals surface area contributed by atoms with Crippen LogP contribution in [0.2, 0.25) is 0 Å². The number of carbonyl (C=O) groups excluding carboxylic acids is 14. The van der Waals surface area contributed by atoms with Crippen LogP contribution in [0.15, 0.2) is 104 Å². The number of aliphatic hydroxyl groups is 1. The maximum atomic E-state index is 14.2. The molecule has 0 unspecified atom stereocenters. The van der Waals surface area contributed by atoms with Crippen molar-refractivity contribution in [3.8, 4) is 0 Å². The van der Waals surface area contributed by atoms with Crippen molar-refractivity contribution >= 4 is 89.8 Å². The first-order valence-corrected chi connectivity index (χ1v) is 35.5. The zero-order chi connectivity index (χ0) is 87.7. The van der Waals surface area contributed by atoms with Crippen LogP contribution in [0.4, 0.5) is 0 Å². The second-order valence-electron chi connectivity index (χ2n) is 23.3. The number of likely N-dealkylation sites (N-methyl/N-ethyl adjacent to an activating group) is 3. The fourth-order valence-electron chi connectivity index (χ4n) is 7.77. The molecule has 1 heterocycles. The van der Waals surface area contributed by atoms with E-state index < -0.39 is 47.9 Å². The lowest BCUT2D eigenvalue weighted by Crippen LogP contribution is -2.61. The number of benzene rings is 3. The summed E-state index contributed by atoms with van der Waals surface area (Å²) in [4.78, 5) is 152. The van der Waals surface area contributed by atoms with Crippen molar-refractivity contribution in [2.75, 3.05) is 55.4 Å². The number of nitrogens with two attached hydrogens (primary N) is 3. The van der Waals surface area contributed by atoms with Gasteiger partial charge in [0.05, 0.1) is 0 Å². The molecule has 3 aromatic rings. The third-order valence-corrected chi connectivity index (χ3v) is 13.6. The molecule has 1 aliphatic heterocycles. The Labute approximate surface area is 675 Å². The number of amides is 6. The van der Waals surface area contributed by atoms with E-state index in [9.17, 15) is 28.8 Å². The maximum Gasteiger partial charge on any atom is 0.245 e. The van der Waals surface area contributed by atoms with Crippen LogP contribution in [-0.4, -0.2) is 206 Å². The Kier molecular flexibility index (Phi) is 171. The molecular weight excluding hydrogens is 1420 g/mol. The van der Waals surface area contributed by atoms with Gasteiger partial charge in [-0.2, -0.15) is 0 Å². The molecule has 24 N–H and O–H groups in total. The minimum absolute atomic E-state index is 0. The normalized spacial score (nSPS) is 10.6. The van der Waals surface area contributed by atoms with Crippen LogP contribution in [-0.2, 0) is 86.4 Å². The maximum absolute atomic E-state index is 14.2. The van der Waals surface area contributed by atoms with Crippen LogP contribution >= 0.6 is 0 Å². The summed E-state index contributed by atoms with van der Waals surface area (Å²) in [5, 5.41) is 13.9. The standard InChI is InChI=1S/C39H64N6O6.2C8H10.C5H12.C4H10.C3H8O.C2H6.C2H4.3CH5N.8CH2O.5H3N/c1-12-27(6)34(39(51)45-21-17-14-18-22-45)41-35(47)28(7)42(9)38(50)33(26(4)5)40-36(48)31(24-30-19-15-13-16-20-30)44(11)37(49)32(23-25(2)3)43(10)29(8)46;2*1-2-8-6-4-3-5-7-8;1-4-5(2)3;1-4(2)3;1-3(2)4;13*1-2;;;;;/h13,15-16,19-20,25-28,31-34H,12,14,17-18,21-24H2,1-11H3,(H,40,48)(H,41,47);2*3-7H,2H2,1H3;5H,4H2,1-3H3;4H,1-3H3;3-4H,1-2H3;1-2H3;1-2H2;3*2H2,1H3;8*1H2;5*1H3/t27-,28-,31-,32-,33-,34-;;;;;;;;;;;;;;;;;;;;;;;/m0......................./s1. The first kappa shape index (κ1) is 155. The molecule has 0 bridgehead atoms. The van der Waals surface area contributed by atoms with Gasteiger partial charge in [-0.1, -0.05) is 215 Å². The Hall–Kier alpha value is -8.78. The van der Waals surface area contributed by atoms with Crippen molar-refractivity contribution in [1.29, 1.82) is 0 Å². The van der Waals surface area contributed by atoms with Crippen molar-refractivity contribution in [3.05, 3.63) is 121 Å². The molecule has 0 saturated carbocycles. The number of carbonyl (C=O) groups is 14. The summed E-state index contributed by atoms with van der Waals surface area (Å²) in [5.74, 6) is -0.805. The molecule has 3 aromatic carbocycles. The van der Waals surface area contributed by atoms with Gasteiger partial charge in [-0.05, 0) is 127 Å². The number of aryl methyl sites for hydroxylation is 2. The lowest BCUT2D eigenvalue weighted by Gasteiger charge is -2.36. The lowest BCUT2D eigenvalue weighted by molar-refractivity contribution is -0.148. The van der Waals surface area contributed by atoms with Crippen LogP contribution < -0.4 is 58.6 Å². The van der Waals surface area contributed by atoms with E-state index in [0.717, 1.165) is 49.5 Å². The summed E-state index contributed by atoms with van der Waals surface area (Å²) in [6.07, 6.45) is 7.67. The average Bonchev–Trinajstić information content (AvgIpc) is 0.821. The molecule has 29 nitrogen and oxygen atoms in total. The summed E-state index contributed by atoms with van der Waals surface area (Å²) in [7, 11) is 9.16. The molecule has 6 atom stereocenters. The Bertz CT molecular complexity index is 2250. The highest BCUT2D eigenvalue weighted by molar-refractivity contribution is 5.96. The van der Waals surface area contributed by atoms with E-state index in [0.29, 0.717) is 25.9 Å². The SMILES string of the molecule is C=C.C=O.C=O.C=O.C=O.C=O.C=O.C=O.C=O.CC.CC(C)C.CC(C)O.CCC(C)C.CC[C@H](C)[C@H](NC(=O)[C@H](C)N(C)C(=O)[C@@H](NC(=O)[C@H](Cc1ccccc1)N(C)C(=O)[C@H](CC(C)C)N(C)C(C)=O)C(C)C)C(=O)N1CCCCC1.CCc1ccccc1.CCc1ccccc1.CN.CN.CN.N.N.N.N.N. The third kappa shape index (κ3) is 93.5. The topological polar surface area (TPSA) is 549 Å². The lowest BCUT2D eigenvalue weighted by atomic mass is 9.96. The Balaban J connectivity index is -0.0000000624. The molecule has 4 rings (SSSR count). The summed E-state index contributed by atoms with van der Waals surface area (Å²) in [5.41, 5.74) is 17.1. The van der Waals surface area contributed by atoms with Crippen molar-refractivity contribution in [3.63, 3.8) is 0 Å². The molecule has 29 heteroatoms. The highest BCUT2D eigenvalue weighted by Crippen LogP contribution is 2.20. The highest BCUT2D eigenvalue weighted by Gasteiger charge is 2.39. The van der Waals surface area contributed by atoms with Crippen LogP contribution in [0.5, 0.6) is 0 Å². The summed E-state index contributed by atoms with van der Waals surface area (Å²) < 4.78 is 0. The molecule has 658 valence electrons. The minimum atomic E-state index is -1.01. The molecule has 1 aliphatic rings. The van der Waals surface area contributed by atoms with Gasteiger partial charge < -0.3 is 122 Å². The number of nitrogens with zero attached hydrogens (tertiary/aromatic N) is 4. The van der Waals surface area contributed by atoms with Crippen molar-refractivity contribution in [1.82, 2.24) is 61.0 Å². The van der Waals surface area contributed by atoms with Gasteiger partial charge in [-0.25, -0.2) is 0 Å². The van der Waals surface area contributed by atoms with Gasteiger partial charge in [0.25, 0.3) is 0 Å². The fourth-order valence-corrected chi connectivity index (χ4v) is 7.77. The predicted molar refractivity (Wildman–Crippen MR) is 469 cm³/mol. The van der Waals surface area contributed by atoms with Crippen LogP contribution in [0.1, 0.15) is 194 Å². The smallest absolute Gasteiger partial charge is 0.245 e. The number of piperidine rings is 1. The predicted octanol–water partition coefficient (Wildman–Crippen LogP) is 12.0. The largest absolute Gasteiger partial charge is 0.394 e. The van der Waals surface area contributed by atoms with Gasteiger partial charge >= 0.3 is 0 Å². The van der Waals surface area contributed by atoms with E-state index in [1.165, 1.54) is 67.4 Å². The molecule has 0 spiro atoms. The zero-order valence-electron chi connectivity index (χ0n) is 74.6. The zero-order valence-corrected chi connectivity index (χ0v) is 74.6. The Morgan fingerprint density at radius 3 is 0.973 bits per heavy atom. The van der Waals surface area contributed by atoms with Crippen molar-refractivity contribution in [2.45, 2.75) is 233 Å². The summed E-state index contributed by atoms with van der Waals surface area (Å²) in [6.45, 7) is 62.7. The van der Waals surface area contributed by atoms with E-state index in [-0.39, 0.29) is 78.8 Å². The quantitative estimate of drug-likeness (QED) is 0.0468. The molecule has 111 heavy (non-hydrogen) atoms. The van der Waals surface area contributed by atoms with Gasteiger partial charge in [0.2, 0.25) is 35.4 Å². The summed E-state index contributed by atoms with van der Waals surface area (Å²) >= 11 is 0. The van der Waals surface area contributed by atoms with E-state index in [4.69, 9.17) is 43.5 Å². The number of rotatable bonds is 20. The second-order valence-corrected chi connectivity index (χ2v) is 23.3. The Morgan fingerprint density at radius 1 is 0.441 bits per heavy atom. The summed E-state index contributed by atoms with van der Waals surface area (Å²) in [6, 6.07) is 25.8. The van der Waals surface area contributed by atoms with E-state index in [2.05, 4.69) is 145 Å². The van der Waals surface area contributed by atoms with Gasteiger partial charge in [-0.15, -0.1) is 13.2 Å². The van der Waals surface area contributed by atoms with E-state index in [1.807, 2.05) is 143 Å². The molecule has 1 fully saturated rings. The van der Waals surface area contributed by atoms with Crippen LogP contribution in [0.25, 0.3) is 0 Å². The van der Waals surface area contributed by atoms with Crippen LogP contribution in [0, 0.1) is 29.6 Å². The fraction of sp³-hybridized carbons (Fsp3) is 0.585. The van der Waals surface area contributed by atoms with E-state index in [1.54, 1.807) is 48.7 Å². The first-order valence-electron chi connectivity index (χ1n) is 35.5. The number of hydrogen-bond donors (Lipinski definition) is 11.